The molecule has 1 saturated heterocycles. The van der Waals surface area contributed by atoms with Gasteiger partial charge in [-0.1, -0.05) is 6.07 Å². The molecule has 1 aromatic heterocycles. The number of nitrogens with zero attached hydrogens (tertiary/aromatic N) is 3. The van der Waals surface area contributed by atoms with Crippen LogP contribution in [-0.2, 0) is 16.4 Å². The molecule has 148 valence electrons. The third-order valence-electron chi connectivity index (χ3n) is 5.41. The first-order chi connectivity index (χ1) is 13.5. The maximum Gasteiger partial charge on any atom is 0.269 e. The lowest BCUT2D eigenvalue weighted by atomic mass is 9.93. The highest BCUT2D eigenvalue weighted by atomic mass is 32.2. The van der Waals surface area contributed by atoms with E-state index in [0.29, 0.717) is 24.7 Å². The zero-order valence-electron chi connectivity index (χ0n) is 15.4. The van der Waals surface area contributed by atoms with Crippen LogP contribution in [0.25, 0.3) is 0 Å². The van der Waals surface area contributed by atoms with Crippen molar-refractivity contribution in [3.63, 3.8) is 0 Å². The predicted octanol–water partition coefficient (Wildman–Crippen LogP) is 2.60. The van der Waals surface area contributed by atoms with Gasteiger partial charge in [0.05, 0.1) is 9.82 Å². The number of nitrogens with one attached hydrogen (secondary N) is 1. The Morgan fingerprint density at radius 2 is 1.82 bits per heavy atom. The van der Waals surface area contributed by atoms with Gasteiger partial charge >= 0.3 is 0 Å². The summed E-state index contributed by atoms with van der Waals surface area (Å²) in [6.45, 7) is 2.23. The molecule has 1 N–H and O–H groups in total. The molecule has 0 bridgehead atoms. The van der Waals surface area contributed by atoms with E-state index in [1.165, 1.54) is 28.6 Å². The monoisotopic (exact) mass is 402 g/mol. The summed E-state index contributed by atoms with van der Waals surface area (Å²) < 4.78 is 27.8. The van der Waals surface area contributed by atoms with E-state index < -0.39 is 14.9 Å². The van der Waals surface area contributed by atoms with E-state index in [0.717, 1.165) is 43.6 Å². The molecule has 28 heavy (non-hydrogen) atoms. The molecule has 9 heteroatoms. The summed E-state index contributed by atoms with van der Waals surface area (Å²) in [6, 6.07) is 9.04. The highest BCUT2D eigenvalue weighted by molar-refractivity contribution is 7.92. The van der Waals surface area contributed by atoms with Crippen LogP contribution in [0.2, 0.25) is 0 Å². The number of piperidine rings is 1. The van der Waals surface area contributed by atoms with E-state index >= 15 is 0 Å². The van der Waals surface area contributed by atoms with Crippen LogP contribution in [0.4, 0.5) is 11.5 Å². The third-order valence-corrected chi connectivity index (χ3v) is 7.22. The molecular formula is C19H22N4O4S. The lowest BCUT2D eigenvalue weighted by molar-refractivity contribution is -0.384. The van der Waals surface area contributed by atoms with E-state index in [1.807, 2.05) is 12.1 Å². The Morgan fingerprint density at radius 3 is 2.50 bits per heavy atom. The van der Waals surface area contributed by atoms with Crippen LogP contribution in [-0.4, -0.2) is 38.0 Å². The van der Waals surface area contributed by atoms with Crippen molar-refractivity contribution in [1.82, 2.24) is 10.3 Å². The molecule has 0 spiro atoms. The summed E-state index contributed by atoms with van der Waals surface area (Å²) >= 11 is 0. The zero-order chi connectivity index (χ0) is 19.7. The van der Waals surface area contributed by atoms with Gasteiger partial charge in [-0.15, -0.1) is 0 Å². The molecule has 0 saturated carbocycles. The molecule has 8 nitrogen and oxygen atoms in total. The Kier molecular flexibility index (Phi) is 5.03. The van der Waals surface area contributed by atoms with Gasteiger partial charge in [0, 0.05) is 30.3 Å². The van der Waals surface area contributed by atoms with Gasteiger partial charge in [-0.25, -0.2) is 17.7 Å². The van der Waals surface area contributed by atoms with Crippen molar-refractivity contribution in [2.45, 2.75) is 36.5 Å². The van der Waals surface area contributed by atoms with Crippen molar-refractivity contribution in [1.29, 1.82) is 0 Å². The fourth-order valence-electron chi connectivity index (χ4n) is 3.87. The van der Waals surface area contributed by atoms with Crippen molar-refractivity contribution in [3.8, 4) is 0 Å². The normalized spacial score (nSPS) is 17.9. The van der Waals surface area contributed by atoms with Crippen molar-refractivity contribution < 1.29 is 13.3 Å². The molecule has 0 unspecified atom stereocenters. The number of hydrogen-bond acceptors (Lipinski definition) is 6. The highest BCUT2D eigenvalue weighted by Gasteiger charge is 2.31. The maximum absolute atomic E-state index is 13.2. The summed E-state index contributed by atoms with van der Waals surface area (Å²) in [5, 5.41) is 14.2. The minimum Gasteiger partial charge on any atom is -0.317 e. The fraction of sp³-hybridized carbons (Fsp3) is 0.421. The van der Waals surface area contributed by atoms with Crippen LogP contribution in [0.5, 0.6) is 0 Å². The number of aromatic nitrogens is 1. The summed E-state index contributed by atoms with van der Waals surface area (Å²) in [5.74, 6) is 0.832. The second-order valence-electron chi connectivity index (χ2n) is 7.17. The number of hydrogen-bond donors (Lipinski definition) is 1. The second kappa shape index (κ2) is 7.48. The van der Waals surface area contributed by atoms with Gasteiger partial charge in [0.2, 0.25) is 0 Å². The SMILES string of the molecule is O=[N+]([O-])c1ccc(S(=O)(=O)N2CCCc3ccc(C4CCNCC4)nc32)cc1. The fourth-order valence-corrected chi connectivity index (χ4v) is 5.36. The average Bonchev–Trinajstić information content (AvgIpc) is 2.73. The van der Waals surface area contributed by atoms with Crippen LogP contribution in [0.1, 0.15) is 36.4 Å². The van der Waals surface area contributed by atoms with Gasteiger partial charge in [-0.05, 0) is 62.5 Å². The van der Waals surface area contributed by atoms with E-state index in [9.17, 15) is 18.5 Å². The Hall–Kier alpha value is -2.52. The number of nitro groups is 1. The van der Waals surface area contributed by atoms with Crippen LogP contribution in [0.15, 0.2) is 41.3 Å². The van der Waals surface area contributed by atoms with Crippen molar-refractivity contribution >= 4 is 21.5 Å². The number of pyridine rings is 1. The van der Waals surface area contributed by atoms with Gasteiger partial charge in [-0.2, -0.15) is 0 Å². The maximum atomic E-state index is 13.2. The molecular weight excluding hydrogens is 380 g/mol. The van der Waals surface area contributed by atoms with Crippen LogP contribution in [0, 0.1) is 10.1 Å². The molecule has 1 aromatic carbocycles. The van der Waals surface area contributed by atoms with Crippen molar-refractivity contribution in [3.05, 3.63) is 57.8 Å². The van der Waals surface area contributed by atoms with Gasteiger partial charge in [0.1, 0.15) is 5.82 Å². The van der Waals surface area contributed by atoms with Gasteiger partial charge in [0.15, 0.2) is 0 Å². The molecule has 0 aliphatic carbocycles. The molecule has 2 aliphatic heterocycles. The number of sulfonamides is 1. The number of aryl methyl sites for hydroxylation is 1. The Morgan fingerprint density at radius 1 is 1.11 bits per heavy atom. The lowest BCUT2D eigenvalue weighted by Crippen LogP contribution is -2.36. The minimum absolute atomic E-state index is 0.0417. The molecule has 0 radical (unpaired) electrons. The second-order valence-corrected chi connectivity index (χ2v) is 9.04. The number of anilines is 1. The van der Waals surface area contributed by atoms with Crippen molar-refractivity contribution in [2.24, 2.45) is 0 Å². The average molecular weight is 402 g/mol. The summed E-state index contributed by atoms with van der Waals surface area (Å²) in [4.78, 5) is 15.1. The first-order valence-corrected chi connectivity index (χ1v) is 10.9. The van der Waals surface area contributed by atoms with Crippen LogP contribution >= 0.6 is 0 Å². The van der Waals surface area contributed by atoms with E-state index in [1.54, 1.807) is 0 Å². The molecule has 2 aromatic rings. The number of non-ortho nitro benzene ring substituents is 1. The van der Waals surface area contributed by atoms with Crippen LogP contribution < -0.4 is 9.62 Å². The number of nitro benzene ring substituents is 1. The molecule has 0 amide bonds. The number of fused-ring (bicyclic) bond motifs is 1. The van der Waals surface area contributed by atoms with Crippen LogP contribution in [0.3, 0.4) is 0 Å². The van der Waals surface area contributed by atoms with E-state index in [4.69, 9.17) is 4.98 Å². The topological polar surface area (TPSA) is 105 Å². The first kappa shape index (κ1) is 18.8. The summed E-state index contributed by atoms with van der Waals surface area (Å²) in [5.41, 5.74) is 1.73. The predicted molar refractivity (Wildman–Crippen MR) is 105 cm³/mol. The van der Waals surface area contributed by atoms with E-state index in [2.05, 4.69) is 5.32 Å². The molecule has 0 atom stereocenters. The largest absolute Gasteiger partial charge is 0.317 e. The number of rotatable bonds is 4. The smallest absolute Gasteiger partial charge is 0.269 e. The lowest BCUT2D eigenvalue weighted by Gasteiger charge is -2.31. The Balaban J connectivity index is 1.70. The standard InChI is InChI=1S/C19H22N4O4S/c24-23(25)16-4-6-17(7-5-16)28(26,27)22-13-1-2-15-3-8-18(21-19(15)22)14-9-11-20-12-10-14/h3-8,14,20H,1-2,9-13H2. The summed E-state index contributed by atoms with van der Waals surface area (Å²) in [6.07, 6.45) is 3.48. The quantitative estimate of drug-likeness (QED) is 0.622. The Labute approximate surface area is 163 Å². The number of benzene rings is 1. The molecule has 4 rings (SSSR count). The highest BCUT2D eigenvalue weighted by Crippen LogP contribution is 2.33. The Bertz CT molecular complexity index is 985. The molecule has 1 fully saturated rings. The summed E-state index contributed by atoms with van der Waals surface area (Å²) in [7, 11) is -3.83. The molecule has 3 heterocycles. The first-order valence-electron chi connectivity index (χ1n) is 9.44. The van der Waals surface area contributed by atoms with Gasteiger partial charge in [0.25, 0.3) is 15.7 Å². The van der Waals surface area contributed by atoms with E-state index in [-0.39, 0.29) is 10.6 Å². The zero-order valence-corrected chi connectivity index (χ0v) is 16.2. The molecule has 2 aliphatic rings. The van der Waals surface area contributed by atoms with Gasteiger partial charge in [-0.3, -0.25) is 10.1 Å². The van der Waals surface area contributed by atoms with Gasteiger partial charge < -0.3 is 5.32 Å². The van der Waals surface area contributed by atoms with Crippen molar-refractivity contribution in [2.75, 3.05) is 23.9 Å². The minimum atomic E-state index is -3.83. The third kappa shape index (κ3) is 3.47.